The maximum atomic E-state index is 12.3. The zero-order valence-corrected chi connectivity index (χ0v) is 19.2. The second-order valence-electron chi connectivity index (χ2n) is 7.84. The van der Waals surface area contributed by atoms with Crippen LogP contribution in [0.25, 0.3) is 0 Å². The highest BCUT2D eigenvalue weighted by atomic mass is 32.2. The number of hydrogen-bond acceptors (Lipinski definition) is 10. The van der Waals surface area contributed by atoms with E-state index >= 15 is 0 Å². The van der Waals surface area contributed by atoms with E-state index in [1.807, 2.05) is 11.0 Å². The number of terminal acetylenes is 1. The Balaban J connectivity index is 1.38. The third-order valence-electron chi connectivity index (χ3n) is 5.30. The van der Waals surface area contributed by atoms with Crippen LogP contribution in [0.5, 0.6) is 11.5 Å². The zero-order valence-electron chi connectivity index (χ0n) is 17.6. The number of fused-ring (bicyclic) bond motifs is 2. The van der Waals surface area contributed by atoms with Crippen molar-refractivity contribution >= 4 is 39.1 Å². The quantitative estimate of drug-likeness (QED) is 0.555. The number of rotatable bonds is 7. The maximum absolute atomic E-state index is 12.3. The summed E-state index contributed by atoms with van der Waals surface area (Å²) in [5.74, 6) is 4.87. The van der Waals surface area contributed by atoms with Gasteiger partial charge in [0.05, 0.1) is 5.75 Å². The molecule has 0 spiro atoms. The summed E-state index contributed by atoms with van der Waals surface area (Å²) in [5, 5.41) is 0.640. The number of amidine groups is 2. The lowest BCUT2D eigenvalue weighted by Crippen LogP contribution is -2.36. The fourth-order valence-corrected chi connectivity index (χ4v) is 5.98. The second kappa shape index (κ2) is 8.74. The molecule has 12 heteroatoms. The number of ether oxygens (including phenoxy) is 2. The van der Waals surface area contributed by atoms with Crippen molar-refractivity contribution in [3.05, 3.63) is 29.6 Å². The van der Waals surface area contributed by atoms with Gasteiger partial charge in [-0.1, -0.05) is 17.7 Å². The molecular formula is C21H22N6O4S2. The minimum absolute atomic E-state index is 0.0155. The Hall–Kier alpha value is -3.01. The summed E-state index contributed by atoms with van der Waals surface area (Å²) in [6.45, 7) is 0.552. The van der Waals surface area contributed by atoms with Gasteiger partial charge in [0.15, 0.2) is 16.7 Å². The molecule has 3 N–H and O–H groups in total. The lowest BCUT2D eigenvalue weighted by Gasteiger charge is -2.21. The number of aliphatic imine (C=N–C) groups is 3. The van der Waals surface area contributed by atoms with Crippen molar-refractivity contribution in [1.82, 2.24) is 9.62 Å². The molecule has 1 saturated carbocycles. The van der Waals surface area contributed by atoms with Gasteiger partial charge in [0.2, 0.25) is 16.8 Å². The molecule has 1 aliphatic carbocycles. The van der Waals surface area contributed by atoms with Crippen molar-refractivity contribution in [1.29, 1.82) is 0 Å². The molecule has 1 atom stereocenters. The van der Waals surface area contributed by atoms with Crippen molar-refractivity contribution in [2.24, 2.45) is 20.7 Å². The Morgan fingerprint density at radius 1 is 1.30 bits per heavy atom. The van der Waals surface area contributed by atoms with E-state index in [0.29, 0.717) is 46.9 Å². The van der Waals surface area contributed by atoms with Crippen molar-refractivity contribution < 1.29 is 17.9 Å². The van der Waals surface area contributed by atoms with Crippen LogP contribution in [0.15, 0.2) is 43.9 Å². The Labute approximate surface area is 196 Å². The van der Waals surface area contributed by atoms with E-state index < -0.39 is 16.1 Å². The predicted octanol–water partition coefficient (Wildman–Crippen LogP) is 1.24. The fourth-order valence-electron chi connectivity index (χ4n) is 3.56. The highest BCUT2D eigenvalue weighted by Gasteiger charge is 2.34. The molecule has 1 fully saturated rings. The van der Waals surface area contributed by atoms with Crippen LogP contribution >= 0.6 is 11.8 Å². The first-order valence-electron chi connectivity index (χ1n) is 10.4. The Morgan fingerprint density at radius 2 is 2.09 bits per heavy atom. The lowest BCUT2D eigenvalue weighted by atomic mass is 10.2. The van der Waals surface area contributed by atoms with E-state index in [1.165, 1.54) is 18.1 Å². The molecule has 1 aromatic carbocycles. The van der Waals surface area contributed by atoms with Crippen LogP contribution in [-0.4, -0.2) is 61.8 Å². The van der Waals surface area contributed by atoms with Gasteiger partial charge in [0, 0.05) is 29.1 Å². The molecule has 0 bridgehead atoms. The van der Waals surface area contributed by atoms with Gasteiger partial charge in [-0.15, -0.1) is 6.42 Å². The van der Waals surface area contributed by atoms with Crippen LogP contribution in [0.1, 0.15) is 24.8 Å². The summed E-state index contributed by atoms with van der Waals surface area (Å²) in [6.07, 6.45) is 11.0. The summed E-state index contributed by atoms with van der Waals surface area (Å²) >= 11 is 1.37. The van der Waals surface area contributed by atoms with Crippen LogP contribution < -0.4 is 19.9 Å². The lowest BCUT2D eigenvalue weighted by molar-refractivity contribution is 0.174. The topological polar surface area (TPSA) is 131 Å². The Morgan fingerprint density at radius 3 is 2.85 bits per heavy atom. The first-order valence-corrected chi connectivity index (χ1v) is 12.9. The number of nitrogens with zero attached hydrogens (tertiary/aromatic N) is 4. The largest absolute Gasteiger partial charge is 0.454 e. The van der Waals surface area contributed by atoms with E-state index in [0.717, 1.165) is 17.7 Å². The van der Waals surface area contributed by atoms with Gasteiger partial charge in [-0.2, -0.15) is 0 Å². The van der Waals surface area contributed by atoms with Crippen LogP contribution in [0.2, 0.25) is 0 Å². The van der Waals surface area contributed by atoms with Crippen LogP contribution in [0.3, 0.4) is 0 Å². The summed E-state index contributed by atoms with van der Waals surface area (Å²) in [7, 11) is -3.33. The van der Waals surface area contributed by atoms with Gasteiger partial charge in [0.1, 0.15) is 24.0 Å². The van der Waals surface area contributed by atoms with Crippen molar-refractivity contribution in [2.45, 2.75) is 36.2 Å². The molecule has 0 aromatic heterocycles. The summed E-state index contributed by atoms with van der Waals surface area (Å²) < 4.78 is 38.2. The number of nitrogens with one attached hydrogen (secondary N) is 1. The van der Waals surface area contributed by atoms with Crippen LogP contribution in [0, 0.1) is 12.3 Å². The third kappa shape index (κ3) is 4.85. The molecule has 5 rings (SSSR count). The fraction of sp³-hybridized carbons (Fsp3) is 0.381. The highest BCUT2D eigenvalue weighted by molar-refractivity contribution is 8.14. The first-order chi connectivity index (χ1) is 15.9. The SMILES string of the molecule is C#Cc1cc2c(cc1SC1=NC3C=C(N)N=CN=C3N1CCCS(=O)(=O)NC1CC1)OCO2. The molecule has 0 amide bonds. The first kappa shape index (κ1) is 21.8. The van der Waals surface area contributed by atoms with E-state index in [9.17, 15) is 8.42 Å². The summed E-state index contributed by atoms with van der Waals surface area (Å²) in [5.41, 5.74) is 6.55. The van der Waals surface area contributed by atoms with Gasteiger partial charge in [-0.3, -0.25) is 0 Å². The van der Waals surface area contributed by atoms with Gasteiger partial charge in [-0.05, 0) is 31.4 Å². The van der Waals surface area contributed by atoms with Crippen molar-refractivity contribution in [3.8, 4) is 23.8 Å². The average molecular weight is 487 g/mol. The smallest absolute Gasteiger partial charge is 0.231 e. The number of benzene rings is 1. The molecule has 4 aliphatic rings. The number of hydrogen-bond donors (Lipinski definition) is 2. The Bertz CT molecular complexity index is 1240. The maximum Gasteiger partial charge on any atom is 0.231 e. The molecular weight excluding hydrogens is 464 g/mol. The van der Waals surface area contributed by atoms with E-state index in [1.54, 1.807) is 12.1 Å². The molecule has 172 valence electrons. The van der Waals surface area contributed by atoms with E-state index in [4.69, 9.17) is 26.6 Å². The van der Waals surface area contributed by atoms with Crippen LogP contribution in [-0.2, 0) is 10.0 Å². The minimum atomic E-state index is -3.33. The minimum Gasteiger partial charge on any atom is -0.454 e. The Kier molecular flexibility index (Phi) is 5.77. The molecule has 3 aliphatic heterocycles. The highest BCUT2D eigenvalue weighted by Crippen LogP contribution is 2.40. The van der Waals surface area contributed by atoms with E-state index in [2.05, 4.69) is 20.6 Å². The summed E-state index contributed by atoms with van der Waals surface area (Å²) in [4.78, 5) is 15.9. The number of thioether (sulfide) groups is 1. The normalized spacial score (nSPS) is 21.1. The zero-order chi connectivity index (χ0) is 23.0. The van der Waals surface area contributed by atoms with Gasteiger partial charge < -0.3 is 20.1 Å². The number of nitrogens with two attached hydrogens (primary N) is 1. The van der Waals surface area contributed by atoms with Crippen molar-refractivity contribution in [2.75, 3.05) is 19.1 Å². The van der Waals surface area contributed by atoms with E-state index in [-0.39, 0.29) is 18.6 Å². The molecule has 1 aromatic rings. The van der Waals surface area contributed by atoms with Crippen molar-refractivity contribution in [3.63, 3.8) is 0 Å². The molecule has 0 saturated heterocycles. The van der Waals surface area contributed by atoms with Crippen LogP contribution in [0.4, 0.5) is 0 Å². The number of sulfonamides is 1. The monoisotopic (exact) mass is 486 g/mol. The second-order valence-corrected chi connectivity index (χ2v) is 10.7. The standard InChI is InChI=1S/C21H22N6O4S2/c1-2-13-8-16-17(31-12-30-16)10-18(13)32-21-25-15-9-19(22)23-11-24-20(15)27(21)6-3-7-33(28,29)26-14-4-5-14/h1,8-11,14-15,26H,3-7,12,22H2. The molecule has 0 radical (unpaired) electrons. The van der Waals surface area contributed by atoms with Gasteiger partial charge in [0.25, 0.3) is 0 Å². The molecule has 10 nitrogen and oxygen atoms in total. The third-order valence-corrected chi connectivity index (χ3v) is 7.88. The van der Waals surface area contributed by atoms with Gasteiger partial charge >= 0.3 is 0 Å². The summed E-state index contributed by atoms with van der Waals surface area (Å²) in [6, 6.07) is 3.26. The molecule has 3 heterocycles. The average Bonchev–Trinajstić information content (AvgIpc) is 3.41. The molecule has 33 heavy (non-hydrogen) atoms. The molecule has 1 unspecified atom stereocenters. The predicted molar refractivity (Wildman–Crippen MR) is 127 cm³/mol. The van der Waals surface area contributed by atoms with Gasteiger partial charge in [-0.25, -0.2) is 28.1 Å².